The summed E-state index contributed by atoms with van der Waals surface area (Å²) in [6.07, 6.45) is -20.3. The molecular weight excluding hydrogens is 1400 g/mol. The Hall–Kier alpha value is -13.4. The second-order valence-corrected chi connectivity index (χ2v) is 25.9. The fourth-order valence-electron chi connectivity index (χ4n) is 14.0. The Morgan fingerprint density at radius 2 is 0.444 bits per heavy atom. The number of para-hydroxylation sites is 2. The number of hydrogen-bond donors (Lipinski definition) is 0. The number of benzene rings is 13. The third-order valence-electron chi connectivity index (χ3n) is 19.1. The standard InChI is InChI=1S/C88H50F12N8/c89-85(90,91)63-41-61(42-64(49-63)86(92,93)94)59-34-36-75-69(45-59)67-28-13-15-30-73(67)107(75)77-38-32-57(47-71(77)83-103-79(51-18-5-1-6-19-51)101-80(104-83)52-20-7-2-8-21-52)55-26-17-27-56(40-55)58-33-39-78(72(48-58)84-105-81(53-22-9-3-10-23-53)102-82(106-84)54-24-11-4-12-25-54)108-74-31-16-14-29-68(74)70-46-60(35-37-76(70)108)62-43-65(87(95,96)97)50-66(44-62)88(98,99)100/h1-50H. The van der Waals surface area contributed by atoms with E-state index in [0.29, 0.717) is 123 Å². The van der Waals surface area contributed by atoms with Crippen molar-refractivity contribution in [3.05, 3.63) is 326 Å². The number of alkyl halides is 12. The van der Waals surface area contributed by atoms with E-state index in [4.69, 9.17) is 29.9 Å². The molecule has 0 unspecified atom stereocenters. The van der Waals surface area contributed by atoms with Gasteiger partial charge in [0.2, 0.25) is 0 Å². The zero-order valence-electron chi connectivity index (χ0n) is 56.0. The summed E-state index contributed by atoms with van der Waals surface area (Å²) < 4.78 is 176. The summed E-state index contributed by atoms with van der Waals surface area (Å²) in [7, 11) is 0. The van der Waals surface area contributed by atoms with Crippen LogP contribution in [0.1, 0.15) is 22.3 Å². The Balaban J connectivity index is 0.864. The fourth-order valence-corrected chi connectivity index (χ4v) is 14.0. The summed E-state index contributed by atoms with van der Waals surface area (Å²) in [6, 6.07) is 84.5. The van der Waals surface area contributed by atoms with Crippen LogP contribution in [0, 0.1) is 0 Å². The SMILES string of the molecule is FC(F)(F)c1cc(-c2ccc3c(c2)c2ccccc2n3-c2ccc(-c3cccc(-c4ccc(-n5c6ccccc6c6cc(-c7cc(C(F)(F)F)cc(C(F)(F)F)c7)ccc65)c(-c5nc(-c6ccccc6)nc(-c6ccccc6)n5)c4)c3)cc2-c2nc(-c3ccccc3)nc(-c3ccccc3)n2)cc(C(F)(F)F)c1. The van der Waals surface area contributed by atoms with E-state index in [2.05, 4.69) is 0 Å². The van der Waals surface area contributed by atoms with Gasteiger partial charge in [0.05, 0.1) is 55.7 Å². The van der Waals surface area contributed by atoms with Crippen molar-refractivity contribution in [3.8, 4) is 124 Å². The lowest BCUT2D eigenvalue weighted by Gasteiger charge is -2.18. The van der Waals surface area contributed by atoms with Crippen molar-refractivity contribution < 1.29 is 52.7 Å². The molecule has 17 aromatic rings. The maximum Gasteiger partial charge on any atom is 0.416 e. The second-order valence-electron chi connectivity index (χ2n) is 25.9. The molecule has 0 spiro atoms. The summed E-state index contributed by atoms with van der Waals surface area (Å²) >= 11 is 0. The predicted molar refractivity (Wildman–Crippen MR) is 396 cm³/mol. The van der Waals surface area contributed by atoms with Crippen LogP contribution in [0.5, 0.6) is 0 Å². The molecule has 0 aliphatic heterocycles. The molecule has 0 amide bonds. The molecule has 0 aliphatic rings. The van der Waals surface area contributed by atoms with Crippen molar-refractivity contribution in [2.75, 3.05) is 0 Å². The van der Waals surface area contributed by atoms with E-state index in [1.807, 2.05) is 228 Å². The van der Waals surface area contributed by atoms with Crippen molar-refractivity contribution in [2.45, 2.75) is 24.7 Å². The lowest BCUT2D eigenvalue weighted by Crippen LogP contribution is -2.11. The molecule has 17 rings (SSSR count). The topological polar surface area (TPSA) is 87.2 Å². The van der Waals surface area contributed by atoms with Crippen LogP contribution in [0.3, 0.4) is 0 Å². The lowest BCUT2D eigenvalue weighted by molar-refractivity contribution is -0.144. The molecular formula is C88H50F12N8. The quantitative estimate of drug-likeness (QED) is 0.113. The molecule has 0 aliphatic carbocycles. The number of fused-ring (bicyclic) bond motifs is 6. The molecule has 0 saturated carbocycles. The van der Waals surface area contributed by atoms with Gasteiger partial charge in [-0.15, -0.1) is 0 Å². The fraction of sp³-hybridized carbons (Fsp3) is 0.0455. The van der Waals surface area contributed by atoms with E-state index in [0.717, 1.165) is 35.4 Å². The summed E-state index contributed by atoms with van der Waals surface area (Å²) in [6.45, 7) is 0. The Morgan fingerprint density at radius 1 is 0.185 bits per heavy atom. The minimum atomic E-state index is -5.08. The molecule has 8 nitrogen and oxygen atoms in total. The number of nitrogens with zero attached hydrogens (tertiary/aromatic N) is 8. The normalized spacial score (nSPS) is 12.3. The van der Waals surface area contributed by atoms with Gasteiger partial charge in [-0.2, -0.15) is 52.7 Å². The zero-order valence-corrected chi connectivity index (χ0v) is 56.0. The number of hydrogen-bond acceptors (Lipinski definition) is 6. The predicted octanol–water partition coefficient (Wildman–Crippen LogP) is 25.0. The van der Waals surface area contributed by atoms with Gasteiger partial charge in [0.15, 0.2) is 34.9 Å². The van der Waals surface area contributed by atoms with Crippen molar-refractivity contribution in [2.24, 2.45) is 0 Å². The van der Waals surface area contributed by atoms with E-state index in [1.165, 1.54) is 12.1 Å². The number of rotatable bonds is 12. The highest BCUT2D eigenvalue weighted by molar-refractivity contribution is 6.12. The first kappa shape index (κ1) is 67.8. The van der Waals surface area contributed by atoms with Crippen molar-refractivity contribution >= 4 is 43.6 Å². The third-order valence-corrected chi connectivity index (χ3v) is 19.1. The molecule has 526 valence electrons. The monoisotopic (exact) mass is 1450 g/mol. The van der Waals surface area contributed by atoms with E-state index >= 15 is 0 Å². The minimum absolute atomic E-state index is 0.109. The summed E-state index contributed by atoms with van der Waals surface area (Å²) in [4.78, 5) is 30.9. The van der Waals surface area contributed by atoms with Gasteiger partial charge in [-0.3, -0.25) is 0 Å². The molecule has 0 bridgehead atoms. The highest BCUT2D eigenvalue weighted by atomic mass is 19.4. The van der Waals surface area contributed by atoms with Gasteiger partial charge < -0.3 is 9.13 Å². The number of aromatic nitrogens is 8. The largest absolute Gasteiger partial charge is 0.416 e. The minimum Gasteiger partial charge on any atom is -0.309 e. The van der Waals surface area contributed by atoms with Crippen LogP contribution in [0.15, 0.2) is 303 Å². The first-order chi connectivity index (χ1) is 52.0. The first-order valence-corrected chi connectivity index (χ1v) is 33.8. The highest BCUT2D eigenvalue weighted by Crippen LogP contribution is 2.47. The number of halogens is 12. The van der Waals surface area contributed by atoms with Crippen LogP contribution in [0.2, 0.25) is 0 Å². The van der Waals surface area contributed by atoms with E-state index in [-0.39, 0.29) is 46.0 Å². The summed E-state index contributed by atoms with van der Waals surface area (Å²) in [5.74, 6) is 1.95. The zero-order chi connectivity index (χ0) is 74.4. The summed E-state index contributed by atoms with van der Waals surface area (Å²) in [5.41, 5.74) is 4.12. The van der Waals surface area contributed by atoms with E-state index < -0.39 is 47.0 Å². The highest BCUT2D eigenvalue weighted by Gasteiger charge is 2.39. The smallest absolute Gasteiger partial charge is 0.309 e. The van der Waals surface area contributed by atoms with Crippen LogP contribution in [-0.4, -0.2) is 39.0 Å². The maximum absolute atomic E-state index is 14.4. The molecule has 4 aromatic heterocycles. The maximum atomic E-state index is 14.4. The Kier molecular flexibility index (Phi) is 16.5. The van der Waals surface area contributed by atoms with Gasteiger partial charge in [0, 0.05) is 54.9 Å². The average Bonchev–Trinajstić information content (AvgIpc) is 1.56. The van der Waals surface area contributed by atoms with Gasteiger partial charge in [-0.05, 0) is 148 Å². The second kappa shape index (κ2) is 26.3. The molecule has 20 heteroatoms. The molecule has 13 aromatic carbocycles. The van der Waals surface area contributed by atoms with E-state index in [1.54, 1.807) is 36.4 Å². The van der Waals surface area contributed by atoms with Gasteiger partial charge in [0.25, 0.3) is 0 Å². The lowest BCUT2D eigenvalue weighted by atomic mass is 9.95. The van der Waals surface area contributed by atoms with Crippen molar-refractivity contribution in [1.82, 2.24) is 39.0 Å². The van der Waals surface area contributed by atoms with Crippen LogP contribution < -0.4 is 0 Å². The van der Waals surface area contributed by atoms with Crippen LogP contribution >= 0.6 is 0 Å². The molecule has 108 heavy (non-hydrogen) atoms. The van der Waals surface area contributed by atoms with Crippen molar-refractivity contribution in [1.29, 1.82) is 0 Å². The molecule has 0 atom stereocenters. The van der Waals surface area contributed by atoms with Crippen LogP contribution in [0.25, 0.3) is 168 Å². The van der Waals surface area contributed by atoms with Gasteiger partial charge in [-0.25, -0.2) is 29.9 Å². The molecule has 0 fully saturated rings. The van der Waals surface area contributed by atoms with Crippen LogP contribution in [-0.2, 0) is 24.7 Å². The summed E-state index contributed by atoms with van der Waals surface area (Å²) in [5, 5.41) is 2.36. The third kappa shape index (κ3) is 12.8. The van der Waals surface area contributed by atoms with E-state index in [9.17, 15) is 52.7 Å². The van der Waals surface area contributed by atoms with Crippen LogP contribution in [0.4, 0.5) is 52.7 Å². The first-order valence-electron chi connectivity index (χ1n) is 33.8. The Bertz CT molecular complexity index is 5810. The Morgan fingerprint density at radius 3 is 0.769 bits per heavy atom. The van der Waals surface area contributed by atoms with Gasteiger partial charge in [0.1, 0.15) is 0 Å². The average molecular weight is 1450 g/mol. The van der Waals surface area contributed by atoms with Gasteiger partial charge in [-0.1, -0.05) is 200 Å². The molecule has 0 radical (unpaired) electrons. The molecule has 0 saturated heterocycles. The molecule has 4 heterocycles. The Labute approximate surface area is 606 Å². The molecule has 0 N–H and O–H groups in total. The van der Waals surface area contributed by atoms with Crippen molar-refractivity contribution in [3.63, 3.8) is 0 Å². The van der Waals surface area contributed by atoms with Gasteiger partial charge >= 0.3 is 24.7 Å².